The fourth-order valence-corrected chi connectivity index (χ4v) is 3.09. The lowest BCUT2D eigenvalue weighted by Crippen LogP contribution is -2.37. The van der Waals surface area contributed by atoms with E-state index >= 15 is 0 Å². The van der Waals surface area contributed by atoms with E-state index in [1.807, 2.05) is 26.8 Å². The van der Waals surface area contributed by atoms with E-state index in [4.69, 9.17) is 9.47 Å². The second-order valence-electron chi connectivity index (χ2n) is 7.42. The molecule has 3 heterocycles. The number of pyridine rings is 1. The van der Waals surface area contributed by atoms with Crippen LogP contribution in [0.15, 0.2) is 12.1 Å². The van der Waals surface area contributed by atoms with Crippen LogP contribution in [0.4, 0.5) is 10.6 Å². The largest absolute Gasteiger partial charge is 0.488 e. The van der Waals surface area contributed by atoms with Crippen LogP contribution in [0.25, 0.3) is 5.57 Å². The van der Waals surface area contributed by atoms with Gasteiger partial charge in [0, 0.05) is 24.7 Å². The van der Waals surface area contributed by atoms with Gasteiger partial charge in [-0.15, -0.1) is 0 Å². The van der Waals surface area contributed by atoms with Crippen LogP contribution in [-0.2, 0) is 11.2 Å². The molecule has 0 saturated heterocycles. The molecule has 8 nitrogen and oxygen atoms in total. The van der Waals surface area contributed by atoms with Crippen molar-refractivity contribution in [3.8, 4) is 5.75 Å². The first-order valence-electron chi connectivity index (χ1n) is 8.73. The van der Waals surface area contributed by atoms with E-state index in [1.165, 1.54) is 6.07 Å². The second kappa shape index (κ2) is 6.93. The average molecular weight is 361 g/mol. The number of hydrogen-bond acceptors (Lipinski definition) is 6. The number of aromatic nitrogens is 1. The Bertz CT molecular complexity index is 767. The number of hydrogen-bond donors (Lipinski definition) is 0. The van der Waals surface area contributed by atoms with Crippen LogP contribution >= 0.6 is 0 Å². The number of nitrogens with zero attached hydrogens (tertiary/aromatic N) is 3. The van der Waals surface area contributed by atoms with E-state index in [0.717, 1.165) is 12.0 Å². The summed E-state index contributed by atoms with van der Waals surface area (Å²) in [6.45, 7) is 6.95. The number of carbonyl (C=O) groups excluding carboxylic acids is 1. The summed E-state index contributed by atoms with van der Waals surface area (Å²) in [5.41, 5.74) is 1.74. The van der Waals surface area contributed by atoms with Gasteiger partial charge in [-0.2, -0.15) is 0 Å². The minimum absolute atomic E-state index is 0.168. The first-order chi connectivity index (χ1) is 12.2. The molecule has 1 aromatic rings. The Labute approximate surface area is 151 Å². The van der Waals surface area contributed by atoms with E-state index < -0.39 is 10.5 Å². The summed E-state index contributed by atoms with van der Waals surface area (Å²) in [4.78, 5) is 28.7. The zero-order chi connectivity index (χ0) is 18.9. The predicted octanol–water partition coefficient (Wildman–Crippen LogP) is 3.34. The lowest BCUT2D eigenvalue weighted by Gasteiger charge is -2.25. The molecule has 0 atom stereocenters. The standard InChI is InChI=1S/C18H23N3O5/c1-18(2,3)26-17(22)20-8-4-5-12(6-9-20)13-11-15(21(23)24)19-14-7-10-25-16(13)14/h6,11H,4-5,7-10H2,1-3H3. The van der Waals surface area contributed by atoms with Crippen LogP contribution in [-0.4, -0.2) is 46.2 Å². The van der Waals surface area contributed by atoms with Gasteiger partial charge < -0.3 is 24.5 Å². The highest BCUT2D eigenvalue weighted by molar-refractivity contribution is 5.75. The van der Waals surface area contributed by atoms with E-state index in [1.54, 1.807) is 4.90 Å². The van der Waals surface area contributed by atoms with Crippen molar-refractivity contribution in [2.45, 2.75) is 45.6 Å². The Hall–Kier alpha value is -2.64. The number of carbonyl (C=O) groups is 1. The lowest BCUT2D eigenvalue weighted by molar-refractivity contribution is -0.389. The quantitative estimate of drug-likeness (QED) is 0.592. The van der Waals surface area contributed by atoms with Crippen LogP contribution in [0.5, 0.6) is 5.75 Å². The topological polar surface area (TPSA) is 94.8 Å². The first kappa shape index (κ1) is 18.2. The SMILES string of the molecule is CC(C)(C)OC(=O)N1CC=C(c2cc([N+](=O)[O-])nc3c2OCC3)CCC1. The van der Waals surface area contributed by atoms with Crippen molar-refractivity contribution < 1.29 is 19.2 Å². The summed E-state index contributed by atoms with van der Waals surface area (Å²) in [6.07, 6.45) is 3.60. The number of allylic oxidation sites excluding steroid dienone is 1. The van der Waals surface area contributed by atoms with Crippen molar-refractivity contribution in [2.24, 2.45) is 0 Å². The predicted molar refractivity (Wildman–Crippen MR) is 95.1 cm³/mol. The van der Waals surface area contributed by atoms with E-state index in [0.29, 0.717) is 49.5 Å². The molecule has 2 aliphatic heterocycles. The molecule has 0 N–H and O–H groups in total. The van der Waals surface area contributed by atoms with E-state index in [2.05, 4.69) is 4.98 Å². The molecule has 0 fully saturated rings. The molecule has 0 aliphatic carbocycles. The number of nitro groups is 1. The summed E-state index contributed by atoms with van der Waals surface area (Å²) in [5, 5.41) is 11.2. The van der Waals surface area contributed by atoms with Crippen LogP contribution in [0.2, 0.25) is 0 Å². The summed E-state index contributed by atoms with van der Waals surface area (Å²) in [6, 6.07) is 1.47. The molecule has 26 heavy (non-hydrogen) atoms. The molecule has 1 aromatic heterocycles. The fraction of sp³-hybridized carbons (Fsp3) is 0.556. The maximum Gasteiger partial charge on any atom is 0.410 e. The Morgan fingerprint density at radius 1 is 1.38 bits per heavy atom. The van der Waals surface area contributed by atoms with Gasteiger partial charge in [-0.25, -0.2) is 4.79 Å². The van der Waals surface area contributed by atoms with Crippen molar-refractivity contribution in [1.29, 1.82) is 0 Å². The summed E-state index contributed by atoms with van der Waals surface area (Å²) in [5.74, 6) is 0.464. The Morgan fingerprint density at radius 3 is 2.85 bits per heavy atom. The van der Waals surface area contributed by atoms with Gasteiger partial charge in [-0.05, 0) is 49.1 Å². The maximum absolute atomic E-state index is 12.3. The molecular formula is C18H23N3O5. The Balaban J connectivity index is 1.86. The van der Waals surface area contributed by atoms with Gasteiger partial charge in [0.2, 0.25) is 0 Å². The highest BCUT2D eigenvalue weighted by Crippen LogP contribution is 2.37. The molecule has 8 heteroatoms. The lowest BCUT2D eigenvalue weighted by atomic mass is 10.00. The molecular weight excluding hydrogens is 338 g/mol. The van der Waals surface area contributed by atoms with Gasteiger partial charge in [0.15, 0.2) is 11.4 Å². The molecule has 1 amide bonds. The third-order valence-corrected chi connectivity index (χ3v) is 4.23. The number of rotatable bonds is 2. The molecule has 0 bridgehead atoms. The summed E-state index contributed by atoms with van der Waals surface area (Å²) in [7, 11) is 0. The van der Waals surface area contributed by atoms with Crippen LogP contribution in [0.1, 0.15) is 44.9 Å². The molecule has 140 valence electrons. The van der Waals surface area contributed by atoms with Crippen LogP contribution in [0.3, 0.4) is 0 Å². The van der Waals surface area contributed by atoms with E-state index in [9.17, 15) is 14.9 Å². The Kier molecular flexibility index (Phi) is 4.84. The molecule has 3 rings (SSSR count). The zero-order valence-corrected chi connectivity index (χ0v) is 15.3. The zero-order valence-electron chi connectivity index (χ0n) is 15.3. The van der Waals surface area contributed by atoms with Crippen LogP contribution in [0, 0.1) is 10.1 Å². The summed E-state index contributed by atoms with van der Waals surface area (Å²) < 4.78 is 11.1. The number of ether oxygens (including phenoxy) is 2. The molecule has 2 aliphatic rings. The smallest absolute Gasteiger partial charge is 0.410 e. The van der Waals surface area contributed by atoms with Crippen molar-refractivity contribution >= 4 is 17.5 Å². The average Bonchev–Trinajstić information content (AvgIpc) is 2.88. The third-order valence-electron chi connectivity index (χ3n) is 4.23. The molecule has 0 aromatic carbocycles. The number of amides is 1. The monoisotopic (exact) mass is 361 g/mol. The minimum Gasteiger partial charge on any atom is -0.488 e. The Morgan fingerprint density at radius 2 is 2.15 bits per heavy atom. The van der Waals surface area contributed by atoms with Crippen molar-refractivity contribution in [2.75, 3.05) is 19.7 Å². The van der Waals surface area contributed by atoms with Gasteiger partial charge in [-0.1, -0.05) is 6.08 Å². The first-order valence-corrected chi connectivity index (χ1v) is 8.73. The van der Waals surface area contributed by atoms with Gasteiger partial charge in [0.1, 0.15) is 5.60 Å². The van der Waals surface area contributed by atoms with Gasteiger partial charge >= 0.3 is 11.9 Å². The normalized spacial score (nSPS) is 17.0. The summed E-state index contributed by atoms with van der Waals surface area (Å²) >= 11 is 0. The van der Waals surface area contributed by atoms with Gasteiger partial charge in [0.25, 0.3) is 0 Å². The van der Waals surface area contributed by atoms with Gasteiger partial charge in [0.05, 0.1) is 13.0 Å². The van der Waals surface area contributed by atoms with Crippen molar-refractivity contribution in [3.63, 3.8) is 0 Å². The molecule has 0 spiro atoms. The second-order valence-corrected chi connectivity index (χ2v) is 7.42. The van der Waals surface area contributed by atoms with Crippen molar-refractivity contribution in [3.05, 3.63) is 33.5 Å². The van der Waals surface area contributed by atoms with Gasteiger partial charge in [-0.3, -0.25) is 0 Å². The molecule has 0 saturated carbocycles. The molecule has 0 radical (unpaired) electrons. The fourth-order valence-electron chi connectivity index (χ4n) is 3.09. The highest BCUT2D eigenvalue weighted by atomic mass is 16.6. The molecule has 0 unspecified atom stereocenters. The third kappa shape index (κ3) is 3.95. The minimum atomic E-state index is -0.545. The van der Waals surface area contributed by atoms with E-state index in [-0.39, 0.29) is 11.9 Å². The maximum atomic E-state index is 12.3. The highest BCUT2D eigenvalue weighted by Gasteiger charge is 2.29. The van der Waals surface area contributed by atoms with Crippen molar-refractivity contribution in [1.82, 2.24) is 9.88 Å². The van der Waals surface area contributed by atoms with Crippen LogP contribution < -0.4 is 4.74 Å². The number of fused-ring (bicyclic) bond motifs is 1.